The maximum Gasteiger partial charge on any atom is 0.222 e. The second-order valence-electron chi connectivity index (χ2n) is 8.28. The molecule has 1 fully saturated rings. The molecule has 1 heterocycles. The second-order valence-corrected chi connectivity index (χ2v) is 8.28. The predicted octanol–water partition coefficient (Wildman–Crippen LogP) is 4.32. The number of likely N-dealkylation sites (tertiary alicyclic amines) is 1. The van der Waals surface area contributed by atoms with Gasteiger partial charge >= 0.3 is 0 Å². The lowest BCUT2D eigenvalue weighted by Gasteiger charge is -2.24. The number of nitrogens with one attached hydrogen (secondary N) is 2. The highest BCUT2D eigenvalue weighted by Gasteiger charge is 2.19. The Hall–Kier alpha value is -2.29. The van der Waals surface area contributed by atoms with Gasteiger partial charge in [-0.15, -0.1) is 24.0 Å². The molecule has 0 bridgehead atoms. The van der Waals surface area contributed by atoms with E-state index >= 15 is 0 Å². The van der Waals surface area contributed by atoms with E-state index in [-0.39, 0.29) is 29.9 Å². The van der Waals surface area contributed by atoms with E-state index in [0.29, 0.717) is 19.5 Å². The molecule has 0 unspecified atom stereocenters. The summed E-state index contributed by atoms with van der Waals surface area (Å²) in [6, 6.07) is 17.0. The van der Waals surface area contributed by atoms with Crippen LogP contribution in [-0.2, 0) is 17.9 Å². The van der Waals surface area contributed by atoms with Gasteiger partial charge < -0.3 is 20.4 Å². The molecule has 0 spiro atoms. The van der Waals surface area contributed by atoms with Crippen LogP contribution < -0.4 is 15.5 Å². The number of hydrogen-bond acceptors (Lipinski definition) is 3. The molecular weight excluding hydrogens is 525 g/mol. The smallest absolute Gasteiger partial charge is 0.222 e. The summed E-state index contributed by atoms with van der Waals surface area (Å²) in [7, 11) is 0. The summed E-state index contributed by atoms with van der Waals surface area (Å²) < 4.78 is 0. The fourth-order valence-electron chi connectivity index (χ4n) is 4.03. The van der Waals surface area contributed by atoms with Crippen molar-refractivity contribution >= 4 is 41.5 Å². The fourth-order valence-corrected chi connectivity index (χ4v) is 4.03. The molecule has 2 N–H and O–H groups in total. The van der Waals surface area contributed by atoms with E-state index in [2.05, 4.69) is 84.8 Å². The second kappa shape index (κ2) is 14.1. The molecule has 6 nitrogen and oxygen atoms in total. The molecule has 2 aromatic rings. The Morgan fingerprint density at radius 1 is 1.09 bits per heavy atom. The molecule has 0 aliphatic carbocycles. The number of anilines is 1. The van der Waals surface area contributed by atoms with E-state index in [1.165, 1.54) is 16.8 Å². The van der Waals surface area contributed by atoms with Crippen molar-refractivity contribution in [2.24, 2.45) is 4.99 Å². The highest BCUT2D eigenvalue weighted by molar-refractivity contribution is 14.0. The summed E-state index contributed by atoms with van der Waals surface area (Å²) in [5, 5.41) is 6.80. The minimum absolute atomic E-state index is 0. The number of likely N-dealkylation sites (N-methyl/N-ethyl adjacent to an activating group) is 1. The monoisotopic (exact) mass is 563 g/mol. The van der Waals surface area contributed by atoms with Gasteiger partial charge in [-0.3, -0.25) is 4.79 Å². The van der Waals surface area contributed by atoms with Crippen LogP contribution in [0.4, 0.5) is 5.69 Å². The first-order valence-corrected chi connectivity index (χ1v) is 11.8. The minimum Gasteiger partial charge on any atom is -0.370 e. The number of aliphatic imine (C=N–C) groups is 1. The summed E-state index contributed by atoms with van der Waals surface area (Å²) in [5.74, 6) is 1.09. The Labute approximate surface area is 215 Å². The summed E-state index contributed by atoms with van der Waals surface area (Å²) in [6.45, 7) is 12.1. The van der Waals surface area contributed by atoms with Crippen LogP contribution in [0.2, 0.25) is 0 Å². The van der Waals surface area contributed by atoms with Gasteiger partial charge in [0, 0.05) is 51.4 Å². The number of guanidine groups is 1. The molecule has 1 saturated heterocycles. The Morgan fingerprint density at radius 3 is 2.58 bits per heavy atom. The quantitative estimate of drug-likeness (QED) is 0.257. The Bertz CT molecular complexity index is 917. The molecule has 0 atom stereocenters. The van der Waals surface area contributed by atoms with Gasteiger partial charge in [-0.05, 0) is 56.0 Å². The average molecular weight is 564 g/mol. The van der Waals surface area contributed by atoms with Gasteiger partial charge in [0.15, 0.2) is 5.96 Å². The van der Waals surface area contributed by atoms with Crippen molar-refractivity contribution in [1.29, 1.82) is 0 Å². The molecule has 2 aromatic carbocycles. The van der Waals surface area contributed by atoms with Crippen LogP contribution in [-0.4, -0.2) is 49.5 Å². The van der Waals surface area contributed by atoms with E-state index in [4.69, 9.17) is 4.99 Å². The molecule has 1 amide bonds. The van der Waals surface area contributed by atoms with E-state index in [9.17, 15) is 4.79 Å². The van der Waals surface area contributed by atoms with Crippen LogP contribution in [0.1, 0.15) is 43.4 Å². The normalized spacial score (nSPS) is 13.6. The number of benzene rings is 2. The molecule has 1 aliphatic rings. The molecule has 33 heavy (non-hydrogen) atoms. The maximum absolute atomic E-state index is 11.9. The van der Waals surface area contributed by atoms with Gasteiger partial charge in [0.1, 0.15) is 0 Å². The van der Waals surface area contributed by atoms with Crippen LogP contribution in [0.5, 0.6) is 0 Å². The highest BCUT2D eigenvalue weighted by atomic mass is 127. The van der Waals surface area contributed by atoms with Gasteiger partial charge in [0.2, 0.25) is 5.91 Å². The van der Waals surface area contributed by atoms with Gasteiger partial charge in [-0.2, -0.15) is 0 Å². The summed E-state index contributed by atoms with van der Waals surface area (Å²) in [4.78, 5) is 21.0. The van der Waals surface area contributed by atoms with Crippen molar-refractivity contribution in [3.63, 3.8) is 0 Å². The van der Waals surface area contributed by atoms with E-state index < -0.39 is 0 Å². The van der Waals surface area contributed by atoms with Crippen LogP contribution in [0.25, 0.3) is 0 Å². The van der Waals surface area contributed by atoms with E-state index in [1.54, 1.807) is 0 Å². The zero-order chi connectivity index (χ0) is 22.8. The SMILES string of the molecule is CCNC(=NCc1cccc(CN2CCCC2=O)c1)NCCN(CC)c1cccc(C)c1.I. The fraction of sp³-hybridized carbons (Fsp3) is 0.462. The first-order valence-electron chi connectivity index (χ1n) is 11.8. The van der Waals surface area contributed by atoms with Gasteiger partial charge in [0.25, 0.3) is 0 Å². The lowest BCUT2D eigenvalue weighted by Crippen LogP contribution is -2.41. The van der Waals surface area contributed by atoms with Gasteiger partial charge in [-0.1, -0.05) is 36.4 Å². The number of halogens is 1. The largest absolute Gasteiger partial charge is 0.370 e. The van der Waals surface area contributed by atoms with E-state index in [0.717, 1.165) is 50.7 Å². The number of aryl methyl sites for hydroxylation is 1. The third kappa shape index (κ3) is 8.53. The van der Waals surface area contributed by atoms with Crippen molar-refractivity contribution in [2.45, 2.75) is 46.7 Å². The van der Waals surface area contributed by atoms with Gasteiger partial charge in [0.05, 0.1) is 6.54 Å². The zero-order valence-corrected chi connectivity index (χ0v) is 22.5. The predicted molar refractivity (Wildman–Crippen MR) is 148 cm³/mol. The van der Waals surface area contributed by atoms with Crippen molar-refractivity contribution in [3.05, 3.63) is 65.2 Å². The van der Waals surface area contributed by atoms with Gasteiger partial charge in [-0.25, -0.2) is 4.99 Å². The lowest BCUT2D eigenvalue weighted by molar-refractivity contribution is -0.128. The number of hydrogen-bond donors (Lipinski definition) is 2. The number of carbonyl (C=O) groups is 1. The molecule has 0 saturated carbocycles. The number of amides is 1. The molecule has 1 aliphatic heterocycles. The number of nitrogens with zero attached hydrogens (tertiary/aromatic N) is 3. The summed E-state index contributed by atoms with van der Waals surface area (Å²) >= 11 is 0. The summed E-state index contributed by atoms with van der Waals surface area (Å²) in [6.07, 6.45) is 1.65. The Kier molecular flexibility index (Phi) is 11.5. The topological polar surface area (TPSA) is 60.0 Å². The minimum atomic E-state index is 0. The van der Waals surface area contributed by atoms with Crippen molar-refractivity contribution in [3.8, 4) is 0 Å². The molecule has 180 valence electrons. The van der Waals surface area contributed by atoms with Crippen LogP contribution in [0, 0.1) is 6.92 Å². The van der Waals surface area contributed by atoms with Crippen molar-refractivity contribution in [2.75, 3.05) is 37.6 Å². The standard InChI is InChI=1S/C26H37N5O.HI/c1-4-27-26(28-14-16-30(5-2)24-12-6-9-21(3)17-24)29-19-22-10-7-11-23(18-22)20-31-15-8-13-25(31)32;/h6-7,9-12,17-18H,4-5,8,13-16,19-20H2,1-3H3,(H2,27,28,29);1H. The van der Waals surface area contributed by atoms with Crippen molar-refractivity contribution in [1.82, 2.24) is 15.5 Å². The molecule has 3 rings (SSSR count). The third-order valence-corrected chi connectivity index (χ3v) is 5.72. The number of rotatable bonds is 10. The van der Waals surface area contributed by atoms with Crippen molar-refractivity contribution < 1.29 is 4.79 Å². The van der Waals surface area contributed by atoms with E-state index in [1.807, 2.05) is 4.90 Å². The van der Waals surface area contributed by atoms with Crippen LogP contribution in [0.3, 0.4) is 0 Å². The molecule has 7 heteroatoms. The first kappa shape index (κ1) is 27.0. The number of carbonyl (C=O) groups excluding carboxylic acids is 1. The Balaban J connectivity index is 0.00000385. The maximum atomic E-state index is 11.9. The summed E-state index contributed by atoms with van der Waals surface area (Å²) in [5.41, 5.74) is 4.86. The van der Waals surface area contributed by atoms with Crippen LogP contribution >= 0.6 is 24.0 Å². The third-order valence-electron chi connectivity index (χ3n) is 5.72. The Morgan fingerprint density at radius 2 is 1.88 bits per heavy atom. The molecular formula is C26H38IN5O. The first-order chi connectivity index (χ1) is 15.6. The lowest BCUT2D eigenvalue weighted by atomic mass is 10.1. The highest BCUT2D eigenvalue weighted by Crippen LogP contribution is 2.16. The van der Waals surface area contributed by atoms with Crippen LogP contribution in [0.15, 0.2) is 53.5 Å². The zero-order valence-electron chi connectivity index (χ0n) is 20.1. The average Bonchev–Trinajstić information content (AvgIpc) is 3.19. The molecule has 0 aromatic heterocycles. The molecule has 0 radical (unpaired) electrons.